The van der Waals surface area contributed by atoms with E-state index in [2.05, 4.69) is 15.5 Å². The van der Waals surface area contributed by atoms with Gasteiger partial charge in [-0.15, -0.1) is 0 Å². The van der Waals surface area contributed by atoms with Crippen molar-refractivity contribution in [3.63, 3.8) is 0 Å². The molecule has 21 heavy (non-hydrogen) atoms. The maximum atomic E-state index is 12.6. The molecule has 1 saturated heterocycles. The highest BCUT2D eigenvalue weighted by molar-refractivity contribution is 6.00. The third kappa shape index (κ3) is 2.99. The standard InChI is InChI=1S/C13H16N4O4/c1-3-9-8(4-7(2)15-16-9)12(19)17-6-11(18)14-5-10(17)13(20)21/h4,10H,3,5-6H2,1-2H3,(H,14,18)(H,20,21). The summed E-state index contributed by atoms with van der Waals surface area (Å²) in [4.78, 5) is 36.4. The van der Waals surface area contributed by atoms with Crippen LogP contribution in [0.3, 0.4) is 0 Å². The third-order valence-corrected chi connectivity index (χ3v) is 3.29. The van der Waals surface area contributed by atoms with Crippen molar-refractivity contribution in [3.8, 4) is 0 Å². The maximum Gasteiger partial charge on any atom is 0.328 e. The molecule has 2 heterocycles. The number of nitrogens with zero attached hydrogens (tertiary/aromatic N) is 3. The molecule has 8 heteroatoms. The summed E-state index contributed by atoms with van der Waals surface area (Å²) >= 11 is 0. The van der Waals surface area contributed by atoms with E-state index in [0.717, 1.165) is 4.90 Å². The van der Waals surface area contributed by atoms with Crippen LogP contribution in [0.25, 0.3) is 0 Å². The number of carbonyl (C=O) groups is 3. The number of hydrogen-bond donors (Lipinski definition) is 2. The maximum absolute atomic E-state index is 12.6. The molecular formula is C13H16N4O4. The first-order chi connectivity index (χ1) is 9.93. The summed E-state index contributed by atoms with van der Waals surface area (Å²) in [6.45, 7) is 3.15. The van der Waals surface area contributed by atoms with Gasteiger partial charge >= 0.3 is 5.97 Å². The number of nitrogens with one attached hydrogen (secondary N) is 1. The Morgan fingerprint density at radius 1 is 1.48 bits per heavy atom. The van der Waals surface area contributed by atoms with Gasteiger partial charge in [0.15, 0.2) is 0 Å². The molecule has 2 rings (SSSR count). The molecule has 1 aliphatic rings. The molecule has 2 amide bonds. The lowest BCUT2D eigenvalue weighted by molar-refractivity contribution is -0.144. The van der Waals surface area contributed by atoms with Gasteiger partial charge in [-0.25, -0.2) is 4.79 Å². The number of aromatic nitrogens is 2. The fourth-order valence-electron chi connectivity index (χ4n) is 2.19. The number of carbonyl (C=O) groups excluding carboxylic acids is 2. The molecule has 0 aliphatic carbocycles. The van der Waals surface area contributed by atoms with Gasteiger partial charge in [-0.2, -0.15) is 10.2 Å². The van der Waals surface area contributed by atoms with Crippen LogP contribution in [0.4, 0.5) is 0 Å². The molecule has 0 spiro atoms. The van der Waals surface area contributed by atoms with E-state index in [-0.39, 0.29) is 19.0 Å². The number of aliphatic carboxylic acids is 1. The van der Waals surface area contributed by atoms with Gasteiger partial charge in [0.2, 0.25) is 5.91 Å². The highest BCUT2D eigenvalue weighted by Gasteiger charge is 2.36. The summed E-state index contributed by atoms with van der Waals surface area (Å²) in [6.07, 6.45) is 0.492. The minimum atomic E-state index is -1.15. The van der Waals surface area contributed by atoms with Crippen LogP contribution in [-0.2, 0) is 16.0 Å². The van der Waals surface area contributed by atoms with Crippen molar-refractivity contribution >= 4 is 17.8 Å². The summed E-state index contributed by atoms with van der Waals surface area (Å²) < 4.78 is 0. The van der Waals surface area contributed by atoms with Gasteiger partial charge in [0.05, 0.1) is 17.0 Å². The SMILES string of the molecule is CCc1nnc(C)cc1C(=O)N1CC(=O)NCC1C(=O)O. The Labute approximate surface area is 121 Å². The topological polar surface area (TPSA) is 112 Å². The fourth-order valence-corrected chi connectivity index (χ4v) is 2.19. The van der Waals surface area contributed by atoms with Crippen LogP contribution >= 0.6 is 0 Å². The predicted octanol–water partition coefficient (Wildman–Crippen LogP) is -0.627. The highest BCUT2D eigenvalue weighted by atomic mass is 16.4. The molecule has 0 radical (unpaired) electrons. The van der Waals surface area contributed by atoms with E-state index in [0.29, 0.717) is 23.4 Å². The minimum Gasteiger partial charge on any atom is -0.480 e. The summed E-state index contributed by atoms with van der Waals surface area (Å²) in [6, 6.07) is 0.493. The molecule has 1 aliphatic heterocycles. The molecule has 1 fully saturated rings. The second kappa shape index (κ2) is 5.86. The van der Waals surface area contributed by atoms with E-state index >= 15 is 0 Å². The Bertz CT molecular complexity index is 602. The molecular weight excluding hydrogens is 276 g/mol. The van der Waals surface area contributed by atoms with Crippen LogP contribution in [0.5, 0.6) is 0 Å². The molecule has 0 aromatic carbocycles. The van der Waals surface area contributed by atoms with Gasteiger partial charge in [0.1, 0.15) is 12.6 Å². The summed E-state index contributed by atoms with van der Waals surface area (Å²) in [5.74, 6) is -2.04. The van der Waals surface area contributed by atoms with Crippen molar-refractivity contribution in [2.75, 3.05) is 13.1 Å². The normalized spacial score (nSPS) is 18.3. The Balaban J connectivity index is 2.38. The predicted molar refractivity (Wildman–Crippen MR) is 71.6 cm³/mol. The van der Waals surface area contributed by atoms with Crippen LogP contribution in [0, 0.1) is 6.92 Å². The van der Waals surface area contributed by atoms with E-state index in [1.165, 1.54) is 0 Å². The summed E-state index contributed by atoms with van der Waals surface area (Å²) in [5.41, 5.74) is 1.34. The first kappa shape index (κ1) is 14.9. The molecule has 2 N–H and O–H groups in total. The van der Waals surface area contributed by atoms with Gasteiger partial charge < -0.3 is 15.3 Å². The van der Waals surface area contributed by atoms with Crippen LogP contribution in [0.2, 0.25) is 0 Å². The quantitative estimate of drug-likeness (QED) is 0.767. The zero-order valence-corrected chi connectivity index (χ0v) is 11.8. The van der Waals surface area contributed by atoms with Crippen LogP contribution < -0.4 is 5.32 Å². The Hall–Kier alpha value is -2.51. The number of rotatable bonds is 3. The molecule has 8 nitrogen and oxygen atoms in total. The molecule has 0 saturated carbocycles. The van der Waals surface area contributed by atoms with Gasteiger partial charge in [-0.05, 0) is 19.4 Å². The Morgan fingerprint density at radius 2 is 2.19 bits per heavy atom. The monoisotopic (exact) mass is 292 g/mol. The van der Waals surface area contributed by atoms with Crippen LogP contribution in [-0.4, -0.2) is 57.1 Å². The number of carboxylic acids is 1. The van der Waals surface area contributed by atoms with Gasteiger partial charge in [-0.3, -0.25) is 9.59 Å². The van der Waals surface area contributed by atoms with E-state index in [4.69, 9.17) is 0 Å². The first-order valence-electron chi connectivity index (χ1n) is 6.57. The van der Waals surface area contributed by atoms with Crippen molar-refractivity contribution in [2.45, 2.75) is 26.3 Å². The number of amides is 2. The Morgan fingerprint density at radius 3 is 2.81 bits per heavy atom. The smallest absolute Gasteiger partial charge is 0.328 e. The van der Waals surface area contributed by atoms with Crippen molar-refractivity contribution in [2.24, 2.45) is 0 Å². The molecule has 0 bridgehead atoms. The van der Waals surface area contributed by atoms with Crippen LogP contribution in [0.15, 0.2) is 6.07 Å². The first-order valence-corrected chi connectivity index (χ1v) is 6.57. The second-order valence-electron chi connectivity index (χ2n) is 4.79. The lowest BCUT2D eigenvalue weighted by Gasteiger charge is -2.33. The van der Waals surface area contributed by atoms with E-state index in [9.17, 15) is 19.5 Å². The zero-order valence-electron chi connectivity index (χ0n) is 11.8. The number of piperazine rings is 1. The molecule has 1 aromatic rings. The zero-order chi connectivity index (χ0) is 15.6. The lowest BCUT2D eigenvalue weighted by atomic mass is 10.1. The van der Waals surface area contributed by atoms with Gasteiger partial charge in [0.25, 0.3) is 5.91 Å². The molecule has 1 atom stereocenters. The van der Waals surface area contributed by atoms with Gasteiger partial charge in [0, 0.05) is 6.54 Å². The Kier molecular flexibility index (Phi) is 4.15. The van der Waals surface area contributed by atoms with E-state index in [1.807, 2.05) is 6.92 Å². The van der Waals surface area contributed by atoms with E-state index < -0.39 is 17.9 Å². The fraction of sp³-hybridized carbons (Fsp3) is 0.462. The van der Waals surface area contributed by atoms with Gasteiger partial charge in [-0.1, -0.05) is 6.92 Å². The second-order valence-corrected chi connectivity index (χ2v) is 4.79. The molecule has 112 valence electrons. The summed E-state index contributed by atoms with van der Waals surface area (Å²) in [7, 11) is 0. The third-order valence-electron chi connectivity index (χ3n) is 3.29. The summed E-state index contributed by atoms with van der Waals surface area (Å²) in [5, 5.41) is 19.5. The van der Waals surface area contributed by atoms with Crippen molar-refractivity contribution in [3.05, 3.63) is 23.0 Å². The molecule has 1 aromatic heterocycles. The largest absolute Gasteiger partial charge is 0.480 e. The minimum absolute atomic E-state index is 0.0984. The van der Waals surface area contributed by atoms with Crippen molar-refractivity contribution in [1.82, 2.24) is 20.4 Å². The number of aryl methyl sites for hydroxylation is 2. The highest BCUT2D eigenvalue weighted by Crippen LogP contribution is 2.15. The average molecular weight is 292 g/mol. The van der Waals surface area contributed by atoms with Crippen LogP contribution in [0.1, 0.15) is 28.7 Å². The number of hydrogen-bond acceptors (Lipinski definition) is 5. The van der Waals surface area contributed by atoms with Crippen molar-refractivity contribution in [1.29, 1.82) is 0 Å². The average Bonchev–Trinajstić information content (AvgIpc) is 2.46. The van der Waals surface area contributed by atoms with Crippen molar-refractivity contribution < 1.29 is 19.5 Å². The lowest BCUT2D eigenvalue weighted by Crippen LogP contribution is -2.59. The molecule has 1 unspecified atom stereocenters. The van der Waals surface area contributed by atoms with E-state index in [1.54, 1.807) is 13.0 Å². The number of carboxylic acid groups (broad SMARTS) is 1.